The largest absolute Gasteiger partial charge is 0.485 e. The van der Waals surface area contributed by atoms with Gasteiger partial charge in [0, 0.05) is 11.1 Å². The third kappa shape index (κ3) is 2.75. The number of benzene rings is 1. The number of halogens is 1. The lowest BCUT2D eigenvalue weighted by Gasteiger charge is -2.16. The number of nitrogens with zero attached hydrogens (tertiary/aromatic N) is 1. The molecule has 18 heavy (non-hydrogen) atoms. The molecule has 0 spiro atoms. The lowest BCUT2D eigenvalue weighted by atomic mass is 10.2. The first-order valence-corrected chi connectivity index (χ1v) is 7.36. The molecule has 1 aromatic carbocycles. The zero-order chi connectivity index (χ0) is 13.3. The summed E-state index contributed by atoms with van der Waals surface area (Å²) >= 11 is 5.78. The van der Waals surface area contributed by atoms with Gasteiger partial charge in [-0.15, -0.1) is 0 Å². The normalized spacial score (nSPS) is 25.6. The minimum atomic E-state index is -3.29. The molecule has 0 bridgehead atoms. The second kappa shape index (κ2) is 4.76. The smallest absolute Gasteiger partial charge is 0.156 e. The predicted octanol–water partition coefficient (Wildman–Crippen LogP) is 0.748. The highest BCUT2D eigenvalue weighted by Crippen LogP contribution is 2.26. The molecule has 5 nitrogen and oxygen atoms in total. The Bertz CT molecular complexity index is 608. The molecule has 96 valence electrons. The Balaban J connectivity index is 2.25. The van der Waals surface area contributed by atoms with Crippen LogP contribution < -0.4 is 4.74 Å². The Morgan fingerprint density at radius 3 is 2.72 bits per heavy atom. The summed E-state index contributed by atoms with van der Waals surface area (Å²) in [4.78, 5) is 0. The third-order valence-electron chi connectivity index (χ3n) is 2.61. The lowest BCUT2D eigenvalue weighted by Crippen LogP contribution is -2.30. The summed E-state index contributed by atoms with van der Waals surface area (Å²) < 4.78 is 28.1. The topological polar surface area (TPSA) is 87.4 Å². The number of sulfone groups is 1. The van der Waals surface area contributed by atoms with Gasteiger partial charge < -0.3 is 9.84 Å². The van der Waals surface area contributed by atoms with Crippen molar-refractivity contribution >= 4 is 21.4 Å². The van der Waals surface area contributed by atoms with Crippen LogP contribution in [0.4, 0.5) is 0 Å². The van der Waals surface area contributed by atoms with E-state index in [0.29, 0.717) is 5.02 Å². The van der Waals surface area contributed by atoms with E-state index in [-0.39, 0.29) is 22.8 Å². The van der Waals surface area contributed by atoms with Crippen LogP contribution in [0.1, 0.15) is 5.56 Å². The monoisotopic (exact) mass is 287 g/mol. The first-order chi connectivity index (χ1) is 8.41. The van der Waals surface area contributed by atoms with Crippen molar-refractivity contribution in [3.8, 4) is 11.8 Å². The van der Waals surface area contributed by atoms with E-state index in [0.717, 1.165) is 0 Å². The van der Waals surface area contributed by atoms with E-state index in [1.54, 1.807) is 0 Å². The van der Waals surface area contributed by atoms with Gasteiger partial charge in [0.1, 0.15) is 24.0 Å². The molecule has 0 amide bonds. The van der Waals surface area contributed by atoms with Crippen LogP contribution in [0.5, 0.6) is 5.75 Å². The summed E-state index contributed by atoms with van der Waals surface area (Å²) in [5.74, 6) is -0.391. The molecule has 1 aliphatic rings. The van der Waals surface area contributed by atoms with Crippen molar-refractivity contribution in [3.63, 3.8) is 0 Å². The highest BCUT2D eigenvalue weighted by atomic mass is 35.5. The zero-order valence-corrected chi connectivity index (χ0v) is 10.8. The maximum Gasteiger partial charge on any atom is 0.156 e. The molecular weight excluding hydrogens is 278 g/mol. The molecule has 0 saturated carbocycles. The molecular formula is C11H10ClNO4S. The van der Waals surface area contributed by atoms with Crippen LogP contribution in [-0.2, 0) is 9.84 Å². The second-order valence-corrected chi connectivity index (χ2v) is 6.64. The van der Waals surface area contributed by atoms with Gasteiger partial charge in [0.05, 0.1) is 17.1 Å². The van der Waals surface area contributed by atoms with Crippen LogP contribution >= 0.6 is 11.6 Å². The SMILES string of the molecule is N#Cc1ccc(Cl)cc1OC1CS(=O)(=O)CC1O. The Labute approximate surface area is 109 Å². The number of hydrogen-bond acceptors (Lipinski definition) is 5. The first-order valence-electron chi connectivity index (χ1n) is 5.16. The minimum Gasteiger partial charge on any atom is -0.485 e. The molecule has 7 heteroatoms. The molecule has 2 atom stereocenters. The van der Waals surface area contributed by atoms with Gasteiger partial charge in [0.15, 0.2) is 9.84 Å². The molecule has 2 rings (SSSR count). The van der Waals surface area contributed by atoms with Crippen LogP contribution in [-0.4, -0.2) is 37.2 Å². The number of aliphatic hydroxyl groups is 1. The van der Waals surface area contributed by atoms with Gasteiger partial charge in [-0.3, -0.25) is 0 Å². The van der Waals surface area contributed by atoms with Crippen molar-refractivity contribution in [3.05, 3.63) is 28.8 Å². The maximum atomic E-state index is 11.3. The molecule has 1 N–H and O–H groups in total. The fourth-order valence-corrected chi connectivity index (χ4v) is 3.58. The van der Waals surface area contributed by atoms with Crippen molar-refractivity contribution in [2.45, 2.75) is 12.2 Å². The average Bonchev–Trinajstić information content (AvgIpc) is 2.52. The van der Waals surface area contributed by atoms with E-state index in [1.165, 1.54) is 18.2 Å². The van der Waals surface area contributed by atoms with Crippen molar-refractivity contribution in [2.24, 2.45) is 0 Å². The number of ether oxygens (including phenoxy) is 1. The van der Waals surface area contributed by atoms with Crippen LogP contribution in [0.15, 0.2) is 18.2 Å². The van der Waals surface area contributed by atoms with Crippen LogP contribution in [0.3, 0.4) is 0 Å². The minimum absolute atomic E-state index is 0.186. The molecule has 1 heterocycles. The standard InChI is InChI=1S/C11H10ClNO4S/c12-8-2-1-7(4-13)10(3-8)17-11-6-18(15,16)5-9(11)14/h1-3,9,11,14H,5-6H2. The fourth-order valence-electron chi connectivity index (χ4n) is 1.76. The third-order valence-corrected chi connectivity index (χ3v) is 4.54. The highest BCUT2D eigenvalue weighted by Gasteiger charge is 2.38. The zero-order valence-electron chi connectivity index (χ0n) is 9.21. The molecule has 0 aromatic heterocycles. The van der Waals surface area contributed by atoms with Gasteiger partial charge >= 0.3 is 0 Å². The maximum absolute atomic E-state index is 11.3. The molecule has 1 saturated heterocycles. The van der Waals surface area contributed by atoms with E-state index >= 15 is 0 Å². The first kappa shape index (κ1) is 13.1. The summed E-state index contributed by atoms with van der Waals surface area (Å²) in [6, 6.07) is 6.36. The number of aliphatic hydroxyl groups excluding tert-OH is 1. The summed E-state index contributed by atoms with van der Waals surface area (Å²) in [6.45, 7) is 0. The Hall–Kier alpha value is -1.29. The average molecular weight is 288 g/mol. The molecule has 2 unspecified atom stereocenters. The van der Waals surface area contributed by atoms with Gasteiger partial charge in [-0.2, -0.15) is 5.26 Å². The number of nitriles is 1. The van der Waals surface area contributed by atoms with E-state index in [9.17, 15) is 13.5 Å². The fraction of sp³-hybridized carbons (Fsp3) is 0.364. The lowest BCUT2D eigenvalue weighted by molar-refractivity contribution is 0.0736. The van der Waals surface area contributed by atoms with Crippen molar-refractivity contribution in [2.75, 3.05) is 11.5 Å². The van der Waals surface area contributed by atoms with E-state index in [1.807, 2.05) is 6.07 Å². The van der Waals surface area contributed by atoms with Crippen molar-refractivity contribution < 1.29 is 18.3 Å². The van der Waals surface area contributed by atoms with E-state index in [2.05, 4.69) is 0 Å². The summed E-state index contributed by atoms with van der Waals surface area (Å²) in [5.41, 5.74) is 0.246. The molecule has 0 aliphatic carbocycles. The summed E-state index contributed by atoms with van der Waals surface area (Å²) in [7, 11) is -3.29. The van der Waals surface area contributed by atoms with Gasteiger partial charge in [-0.25, -0.2) is 8.42 Å². The van der Waals surface area contributed by atoms with Crippen molar-refractivity contribution in [1.82, 2.24) is 0 Å². The number of hydrogen-bond donors (Lipinski definition) is 1. The highest BCUT2D eigenvalue weighted by molar-refractivity contribution is 7.91. The Morgan fingerprint density at radius 1 is 1.44 bits per heavy atom. The molecule has 1 aliphatic heterocycles. The van der Waals surface area contributed by atoms with Gasteiger partial charge in [-0.05, 0) is 12.1 Å². The van der Waals surface area contributed by atoms with Gasteiger partial charge in [-0.1, -0.05) is 11.6 Å². The van der Waals surface area contributed by atoms with Crippen LogP contribution in [0, 0.1) is 11.3 Å². The van der Waals surface area contributed by atoms with Gasteiger partial charge in [0.2, 0.25) is 0 Å². The second-order valence-electron chi connectivity index (χ2n) is 4.05. The van der Waals surface area contributed by atoms with Crippen LogP contribution in [0.2, 0.25) is 5.02 Å². The Morgan fingerprint density at radius 2 is 2.17 bits per heavy atom. The van der Waals surface area contributed by atoms with Gasteiger partial charge in [0.25, 0.3) is 0 Å². The molecule has 1 fully saturated rings. The number of rotatable bonds is 2. The quantitative estimate of drug-likeness (QED) is 0.867. The predicted molar refractivity (Wildman–Crippen MR) is 65.2 cm³/mol. The van der Waals surface area contributed by atoms with E-state index in [4.69, 9.17) is 21.6 Å². The van der Waals surface area contributed by atoms with E-state index < -0.39 is 22.0 Å². The summed E-state index contributed by atoms with van der Waals surface area (Å²) in [6.07, 6.45) is -1.94. The Kier molecular flexibility index (Phi) is 3.48. The molecule has 1 aromatic rings. The summed E-state index contributed by atoms with van der Waals surface area (Å²) in [5, 5.41) is 18.9. The van der Waals surface area contributed by atoms with Crippen LogP contribution in [0.25, 0.3) is 0 Å². The van der Waals surface area contributed by atoms with Crippen molar-refractivity contribution in [1.29, 1.82) is 5.26 Å². The molecule has 0 radical (unpaired) electrons.